The summed E-state index contributed by atoms with van der Waals surface area (Å²) in [5, 5.41) is 8.69. The minimum Gasteiger partial charge on any atom is -0.366 e. The second-order valence-corrected chi connectivity index (χ2v) is 5.83. The van der Waals surface area contributed by atoms with Crippen LogP contribution in [0.3, 0.4) is 0 Å². The molecule has 8 heteroatoms. The van der Waals surface area contributed by atoms with E-state index >= 15 is 0 Å². The van der Waals surface area contributed by atoms with Gasteiger partial charge in [-0.1, -0.05) is 0 Å². The number of primary amides is 1. The Morgan fingerprint density at radius 3 is 3.09 bits per heavy atom. The van der Waals surface area contributed by atoms with Crippen LogP contribution in [0.5, 0.6) is 0 Å². The van der Waals surface area contributed by atoms with Crippen molar-refractivity contribution in [2.75, 3.05) is 18.0 Å². The molecule has 0 spiro atoms. The number of anilines is 1. The lowest BCUT2D eigenvalue weighted by Gasteiger charge is -2.18. The zero-order valence-electron chi connectivity index (χ0n) is 12.8. The van der Waals surface area contributed by atoms with Crippen molar-refractivity contribution in [1.29, 1.82) is 0 Å². The van der Waals surface area contributed by atoms with E-state index in [0.717, 1.165) is 36.5 Å². The Morgan fingerprint density at radius 2 is 2.30 bits per heavy atom. The molecule has 4 heterocycles. The van der Waals surface area contributed by atoms with Gasteiger partial charge in [0, 0.05) is 31.7 Å². The predicted octanol–water partition coefficient (Wildman–Crippen LogP) is 0.785. The highest BCUT2D eigenvalue weighted by molar-refractivity contribution is 5.92. The number of fused-ring (bicyclic) bond motifs is 1. The van der Waals surface area contributed by atoms with Gasteiger partial charge in [0.25, 0.3) is 5.91 Å². The summed E-state index contributed by atoms with van der Waals surface area (Å²) in [6.45, 7) is 3.64. The fourth-order valence-electron chi connectivity index (χ4n) is 3.09. The van der Waals surface area contributed by atoms with E-state index in [0.29, 0.717) is 5.56 Å². The molecule has 1 unspecified atom stereocenters. The monoisotopic (exact) mass is 311 g/mol. The number of amides is 1. The number of nitrogens with zero attached hydrogens (tertiary/aromatic N) is 6. The summed E-state index contributed by atoms with van der Waals surface area (Å²) in [6, 6.07) is 2.24. The van der Waals surface area contributed by atoms with Gasteiger partial charge in [-0.15, -0.1) is 0 Å². The second-order valence-electron chi connectivity index (χ2n) is 5.83. The number of aryl methyl sites for hydroxylation is 1. The van der Waals surface area contributed by atoms with Crippen molar-refractivity contribution in [3.8, 4) is 0 Å². The third kappa shape index (κ3) is 2.32. The number of carbonyl (C=O) groups is 1. The van der Waals surface area contributed by atoms with E-state index in [1.807, 2.05) is 28.4 Å². The van der Waals surface area contributed by atoms with Crippen LogP contribution in [0.4, 0.5) is 5.82 Å². The molecule has 4 rings (SSSR count). The summed E-state index contributed by atoms with van der Waals surface area (Å²) in [4.78, 5) is 18.0. The van der Waals surface area contributed by atoms with Crippen LogP contribution in [-0.4, -0.2) is 43.4 Å². The average molecular weight is 311 g/mol. The van der Waals surface area contributed by atoms with Gasteiger partial charge in [0.2, 0.25) is 0 Å². The molecule has 1 saturated heterocycles. The van der Waals surface area contributed by atoms with E-state index in [4.69, 9.17) is 5.73 Å². The maximum Gasteiger partial charge on any atom is 0.251 e. The third-order valence-electron chi connectivity index (χ3n) is 4.21. The van der Waals surface area contributed by atoms with E-state index in [2.05, 4.69) is 20.1 Å². The summed E-state index contributed by atoms with van der Waals surface area (Å²) in [5.74, 6) is 0.477. The fourth-order valence-corrected chi connectivity index (χ4v) is 3.09. The molecule has 0 bridgehead atoms. The summed E-state index contributed by atoms with van der Waals surface area (Å²) >= 11 is 0. The topological polar surface area (TPSA) is 94.3 Å². The van der Waals surface area contributed by atoms with Crippen molar-refractivity contribution >= 4 is 17.2 Å². The van der Waals surface area contributed by atoms with Crippen molar-refractivity contribution in [3.63, 3.8) is 0 Å². The molecule has 1 aliphatic heterocycles. The van der Waals surface area contributed by atoms with Crippen LogP contribution in [0.15, 0.2) is 30.9 Å². The molecule has 1 aliphatic rings. The SMILES string of the molecule is Cc1cc2c(N3CCC(n4cc(C(N)=O)cn4)C3)nccn2n1. The lowest BCUT2D eigenvalue weighted by Crippen LogP contribution is -2.22. The highest BCUT2D eigenvalue weighted by Gasteiger charge is 2.27. The molecule has 3 aromatic rings. The molecule has 3 aromatic heterocycles. The number of aromatic nitrogens is 5. The minimum absolute atomic E-state index is 0.203. The average Bonchev–Trinajstić information content (AvgIpc) is 3.24. The van der Waals surface area contributed by atoms with Crippen LogP contribution in [0.25, 0.3) is 5.52 Å². The Morgan fingerprint density at radius 1 is 1.43 bits per heavy atom. The fraction of sp³-hybridized carbons (Fsp3) is 0.333. The van der Waals surface area contributed by atoms with Crippen LogP contribution < -0.4 is 10.6 Å². The molecule has 0 aromatic carbocycles. The van der Waals surface area contributed by atoms with Gasteiger partial charge in [0.1, 0.15) is 5.52 Å². The maximum atomic E-state index is 11.2. The summed E-state index contributed by atoms with van der Waals surface area (Å²) in [7, 11) is 0. The first kappa shape index (κ1) is 13.7. The van der Waals surface area contributed by atoms with Crippen LogP contribution >= 0.6 is 0 Å². The van der Waals surface area contributed by atoms with E-state index in [1.54, 1.807) is 12.4 Å². The Balaban J connectivity index is 1.60. The van der Waals surface area contributed by atoms with E-state index in [1.165, 1.54) is 6.20 Å². The number of hydrogen-bond donors (Lipinski definition) is 1. The molecule has 0 aliphatic carbocycles. The van der Waals surface area contributed by atoms with Gasteiger partial charge in [0.15, 0.2) is 5.82 Å². The zero-order chi connectivity index (χ0) is 16.0. The van der Waals surface area contributed by atoms with Crippen molar-refractivity contribution in [3.05, 3.63) is 42.1 Å². The van der Waals surface area contributed by atoms with Crippen LogP contribution in [0.1, 0.15) is 28.5 Å². The van der Waals surface area contributed by atoms with Gasteiger partial charge >= 0.3 is 0 Å². The molecule has 23 heavy (non-hydrogen) atoms. The predicted molar refractivity (Wildman–Crippen MR) is 84.3 cm³/mol. The zero-order valence-corrected chi connectivity index (χ0v) is 12.8. The molecule has 1 amide bonds. The van der Waals surface area contributed by atoms with Crippen molar-refractivity contribution < 1.29 is 4.79 Å². The van der Waals surface area contributed by atoms with E-state index < -0.39 is 5.91 Å². The van der Waals surface area contributed by atoms with Gasteiger partial charge in [-0.25, -0.2) is 9.50 Å². The van der Waals surface area contributed by atoms with E-state index in [9.17, 15) is 4.79 Å². The van der Waals surface area contributed by atoms with Crippen molar-refractivity contribution in [2.24, 2.45) is 5.73 Å². The standard InChI is InChI=1S/C15H17N7O/c1-10-6-13-15(17-3-5-21(13)19-10)20-4-2-12(9-20)22-8-11(7-18-22)14(16)23/h3,5-8,12H,2,4,9H2,1H3,(H2,16,23). The quantitative estimate of drug-likeness (QED) is 0.771. The highest BCUT2D eigenvalue weighted by atomic mass is 16.1. The van der Waals surface area contributed by atoms with Crippen LogP contribution in [0, 0.1) is 6.92 Å². The molecule has 2 N–H and O–H groups in total. The normalized spacial score (nSPS) is 18.0. The van der Waals surface area contributed by atoms with Gasteiger partial charge in [0.05, 0.1) is 23.5 Å². The molecule has 8 nitrogen and oxygen atoms in total. The number of rotatable bonds is 3. The minimum atomic E-state index is -0.452. The smallest absolute Gasteiger partial charge is 0.251 e. The molecule has 1 fully saturated rings. The molecule has 1 atom stereocenters. The number of nitrogens with two attached hydrogens (primary N) is 1. The van der Waals surface area contributed by atoms with Crippen LogP contribution in [-0.2, 0) is 0 Å². The molecule has 0 saturated carbocycles. The first-order chi connectivity index (χ1) is 11.1. The Hall–Kier alpha value is -2.90. The molecular formula is C15H17N7O. The first-order valence-corrected chi connectivity index (χ1v) is 7.52. The number of hydrogen-bond acceptors (Lipinski definition) is 5. The summed E-state index contributed by atoms with van der Waals surface area (Å²) in [6.07, 6.45) is 7.79. The van der Waals surface area contributed by atoms with Crippen LogP contribution in [0.2, 0.25) is 0 Å². The third-order valence-corrected chi connectivity index (χ3v) is 4.21. The molecule has 118 valence electrons. The summed E-state index contributed by atoms with van der Waals surface area (Å²) in [5.41, 5.74) is 7.70. The largest absolute Gasteiger partial charge is 0.366 e. The Bertz CT molecular complexity index is 881. The molecule has 0 radical (unpaired) electrons. The van der Waals surface area contributed by atoms with Gasteiger partial charge in [-0.3, -0.25) is 9.48 Å². The lowest BCUT2D eigenvalue weighted by molar-refractivity contribution is 0.1000. The van der Waals surface area contributed by atoms with Crippen molar-refractivity contribution in [1.82, 2.24) is 24.4 Å². The Kier molecular flexibility index (Phi) is 3.03. The number of carbonyl (C=O) groups excluding carboxylic acids is 1. The lowest BCUT2D eigenvalue weighted by atomic mass is 10.2. The Labute approximate surface area is 132 Å². The maximum absolute atomic E-state index is 11.2. The molecular weight excluding hydrogens is 294 g/mol. The van der Waals surface area contributed by atoms with Crippen molar-refractivity contribution in [2.45, 2.75) is 19.4 Å². The van der Waals surface area contributed by atoms with Gasteiger partial charge < -0.3 is 10.6 Å². The summed E-state index contributed by atoms with van der Waals surface area (Å²) < 4.78 is 3.67. The van der Waals surface area contributed by atoms with E-state index in [-0.39, 0.29) is 6.04 Å². The first-order valence-electron chi connectivity index (χ1n) is 7.52. The van der Waals surface area contributed by atoms with Gasteiger partial charge in [-0.05, 0) is 19.4 Å². The second kappa shape index (κ2) is 5.08. The van der Waals surface area contributed by atoms with Gasteiger partial charge in [-0.2, -0.15) is 10.2 Å². The highest BCUT2D eigenvalue weighted by Crippen LogP contribution is 2.28.